The van der Waals surface area contributed by atoms with E-state index in [0.717, 1.165) is 24.3 Å². The van der Waals surface area contributed by atoms with E-state index < -0.39 is 0 Å². The van der Waals surface area contributed by atoms with E-state index >= 15 is 0 Å². The molecule has 1 saturated carbocycles. The normalized spacial score (nSPS) is 28.5. The van der Waals surface area contributed by atoms with Crippen LogP contribution in [0, 0.1) is 11.8 Å². The summed E-state index contributed by atoms with van der Waals surface area (Å²) in [6, 6.07) is 0. The lowest BCUT2D eigenvalue weighted by molar-refractivity contribution is -0.123. The first-order valence-electron chi connectivity index (χ1n) is 5.26. The van der Waals surface area contributed by atoms with E-state index in [1.165, 1.54) is 12.8 Å². The third-order valence-corrected chi connectivity index (χ3v) is 2.87. The maximum atomic E-state index is 11.7. The monoisotopic (exact) mass is 180 g/mol. The molecular weight excluding hydrogens is 160 g/mol. The van der Waals surface area contributed by atoms with E-state index in [0.29, 0.717) is 18.1 Å². The molecule has 0 aromatic heterocycles. The van der Waals surface area contributed by atoms with Gasteiger partial charge in [0.05, 0.1) is 0 Å². The van der Waals surface area contributed by atoms with Crippen LogP contribution in [0.5, 0.6) is 0 Å². The molecule has 0 bridgehead atoms. The standard InChI is InChI=1S/C12H20O/c1-9(2)7-12(13)11-6-4-5-10(3)8-11/h10-11H,1,4-8H2,2-3H3. The highest BCUT2D eigenvalue weighted by Crippen LogP contribution is 2.30. The molecule has 13 heavy (non-hydrogen) atoms. The molecule has 0 heterocycles. The van der Waals surface area contributed by atoms with E-state index in [4.69, 9.17) is 0 Å². The first-order chi connectivity index (χ1) is 6.09. The third-order valence-electron chi connectivity index (χ3n) is 2.87. The first kappa shape index (κ1) is 10.5. The van der Waals surface area contributed by atoms with Crippen molar-refractivity contribution in [1.29, 1.82) is 0 Å². The van der Waals surface area contributed by atoms with Gasteiger partial charge >= 0.3 is 0 Å². The van der Waals surface area contributed by atoms with Crippen LogP contribution < -0.4 is 0 Å². The predicted molar refractivity (Wildman–Crippen MR) is 55.6 cm³/mol. The Bertz CT molecular complexity index is 205. The van der Waals surface area contributed by atoms with E-state index in [-0.39, 0.29) is 0 Å². The first-order valence-corrected chi connectivity index (χ1v) is 5.26. The van der Waals surface area contributed by atoms with Crippen LogP contribution in [0.3, 0.4) is 0 Å². The summed E-state index contributed by atoms with van der Waals surface area (Å²) in [6.07, 6.45) is 5.34. The summed E-state index contributed by atoms with van der Waals surface area (Å²) in [5.41, 5.74) is 1.00. The predicted octanol–water partition coefficient (Wildman–Crippen LogP) is 3.35. The minimum Gasteiger partial charge on any atom is -0.299 e. The van der Waals surface area contributed by atoms with Crippen LogP contribution in [0.1, 0.15) is 46.0 Å². The van der Waals surface area contributed by atoms with Crippen LogP contribution >= 0.6 is 0 Å². The van der Waals surface area contributed by atoms with E-state index in [1.54, 1.807) is 0 Å². The van der Waals surface area contributed by atoms with Gasteiger partial charge in [0, 0.05) is 12.3 Å². The summed E-state index contributed by atoms with van der Waals surface area (Å²) in [6.45, 7) is 7.97. The van der Waals surface area contributed by atoms with Crippen molar-refractivity contribution in [3.8, 4) is 0 Å². The van der Waals surface area contributed by atoms with Crippen molar-refractivity contribution in [2.45, 2.75) is 46.0 Å². The topological polar surface area (TPSA) is 17.1 Å². The average Bonchev–Trinajstić information content (AvgIpc) is 2.03. The summed E-state index contributed by atoms with van der Waals surface area (Å²) in [5.74, 6) is 1.49. The van der Waals surface area contributed by atoms with Gasteiger partial charge < -0.3 is 0 Å². The molecule has 74 valence electrons. The Morgan fingerprint density at radius 3 is 2.69 bits per heavy atom. The van der Waals surface area contributed by atoms with Gasteiger partial charge in [0.1, 0.15) is 5.78 Å². The van der Waals surface area contributed by atoms with Gasteiger partial charge in [0.2, 0.25) is 0 Å². The van der Waals surface area contributed by atoms with Gasteiger partial charge in [-0.3, -0.25) is 4.79 Å². The van der Waals surface area contributed by atoms with E-state index in [9.17, 15) is 4.79 Å². The molecule has 2 atom stereocenters. The number of carbonyl (C=O) groups is 1. The summed E-state index contributed by atoms with van der Waals surface area (Å²) in [4.78, 5) is 11.7. The van der Waals surface area contributed by atoms with Gasteiger partial charge in [0.15, 0.2) is 0 Å². The fourth-order valence-corrected chi connectivity index (χ4v) is 2.17. The Hall–Kier alpha value is -0.590. The maximum Gasteiger partial charge on any atom is 0.139 e. The quantitative estimate of drug-likeness (QED) is 0.609. The summed E-state index contributed by atoms with van der Waals surface area (Å²) in [7, 11) is 0. The smallest absolute Gasteiger partial charge is 0.139 e. The maximum absolute atomic E-state index is 11.7. The Balaban J connectivity index is 2.41. The summed E-state index contributed by atoms with van der Waals surface area (Å²) >= 11 is 0. The lowest BCUT2D eigenvalue weighted by Crippen LogP contribution is -2.21. The molecule has 2 unspecified atom stereocenters. The number of hydrogen-bond donors (Lipinski definition) is 0. The molecule has 1 aliphatic rings. The number of rotatable bonds is 3. The molecule has 1 aliphatic carbocycles. The van der Waals surface area contributed by atoms with Gasteiger partial charge in [-0.1, -0.05) is 31.9 Å². The molecular formula is C12H20O. The average molecular weight is 180 g/mol. The molecule has 0 aromatic rings. The molecule has 1 fully saturated rings. The molecule has 1 heteroatoms. The Labute approximate surface area is 81.2 Å². The van der Waals surface area contributed by atoms with Gasteiger partial charge in [-0.15, -0.1) is 0 Å². The lowest BCUT2D eigenvalue weighted by atomic mass is 9.79. The van der Waals surface area contributed by atoms with E-state index in [1.807, 2.05) is 6.92 Å². The molecule has 0 saturated heterocycles. The van der Waals surface area contributed by atoms with Crippen LogP contribution in [0.2, 0.25) is 0 Å². The van der Waals surface area contributed by atoms with Crippen molar-refractivity contribution in [1.82, 2.24) is 0 Å². The number of hydrogen-bond acceptors (Lipinski definition) is 1. The van der Waals surface area contributed by atoms with Gasteiger partial charge in [-0.25, -0.2) is 0 Å². The van der Waals surface area contributed by atoms with Crippen molar-refractivity contribution in [3.63, 3.8) is 0 Å². The molecule has 0 spiro atoms. The number of allylic oxidation sites excluding steroid dienone is 1. The number of Topliss-reactive ketones (excluding diaryl/α,β-unsaturated/α-hetero) is 1. The third kappa shape index (κ3) is 3.33. The fraction of sp³-hybridized carbons (Fsp3) is 0.750. The molecule has 1 rings (SSSR count). The Kier molecular flexibility index (Phi) is 3.71. The van der Waals surface area contributed by atoms with Crippen LogP contribution in [0.25, 0.3) is 0 Å². The SMILES string of the molecule is C=C(C)CC(=O)C1CCCC(C)C1. The van der Waals surface area contributed by atoms with E-state index in [2.05, 4.69) is 13.5 Å². The molecule has 0 radical (unpaired) electrons. The fourth-order valence-electron chi connectivity index (χ4n) is 2.17. The lowest BCUT2D eigenvalue weighted by Gasteiger charge is -2.25. The molecule has 0 amide bonds. The minimum absolute atomic E-state index is 0.334. The summed E-state index contributed by atoms with van der Waals surface area (Å²) in [5, 5.41) is 0. The number of carbonyl (C=O) groups excluding carboxylic acids is 1. The molecule has 0 aliphatic heterocycles. The Morgan fingerprint density at radius 2 is 2.15 bits per heavy atom. The zero-order valence-corrected chi connectivity index (χ0v) is 8.81. The minimum atomic E-state index is 0.334. The van der Waals surface area contributed by atoms with Crippen molar-refractivity contribution in [2.75, 3.05) is 0 Å². The Morgan fingerprint density at radius 1 is 1.46 bits per heavy atom. The van der Waals surface area contributed by atoms with Gasteiger partial charge in [-0.2, -0.15) is 0 Å². The zero-order valence-electron chi connectivity index (χ0n) is 8.81. The molecule has 1 nitrogen and oxygen atoms in total. The highest BCUT2D eigenvalue weighted by molar-refractivity contribution is 5.83. The van der Waals surface area contributed by atoms with Crippen LogP contribution in [-0.4, -0.2) is 5.78 Å². The molecule has 0 aromatic carbocycles. The molecule has 0 N–H and O–H groups in total. The second kappa shape index (κ2) is 4.59. The summed E-state index contributed by atoms with van der Waals surface area (Å²) < 4.78 is 0. The van der Waals surface area contributed by atoms with Gasteiger partial charge in [0.25, 0.3) is 0 Å². The second-order valence-electron chi connectivity index (χ2n) is 4.57. The van der Waals surface area contributed by atoms with Crippen molar-refractivity contribution in [2.24, 2.45) is 11.8 Å². The largest absolute Gasteiger partial charge is 0.299 e. The van der Waals surface area contributed by atoms with Crippen molar-refractivity contribution >= 4 is 5.78 Å². The highest BCUT2D eigenvalue weighted by Gasteiger charge is 2.24. The van der Waals surface area contributed by atoms with Crippen molar-refractivity contribution < 1.29 is 4.79 Å². The zero-order chi connectivity index (χ0) is 9.84. The van der Waals surface area contributed by atoms with Crippen LogP contribution in [-0.2, 0) is 4.79 Å². The second-order valence-corrected chi connectivity index (χ2v) is 4.57. The van der Waals surface area contributed by atoms with Gasteiger partial charge in [-0.05, 0) is 25.7 Å². The highest BCUT2D eigenvalue weighted by atomic mass is 16.1. The van der Waals surface area contributed by atoms with Crippen LogP contribution in [0.15, 0.2) is 12.2 Å². The van der Waals surface area contributed by atoms with Crippen molar-refractivity contribution in [3.05, 3.63) is 12.2 Å². The van der Waals surface area contributed by atoms with Crippen LogP contribution in [0.4, 0.5) is 0 Å². The number of ketones is 1.